The van der Waals surface area contributed by atoms with Gasteiger partial charge < -0.3 is 10.6 Å². The van der Waals surface area contributed by atoms with Crippen LogP contribution in [0.2, 0.25) is 0 Å². The lowest BCUT2D eigenvalue weighted by atomic mass is 10.0. The molecule has 0 aliphatic carbocycles. The molecule has 1 aliphatic rings. The van der Waals surface area contributed by atoms with Gasteiger partial charge in [-0.3, -0.25) is 4.79 Å². The highest BCUT2D eigenvalue weighted by molar-refractivity contribution is 5.78. The molecule has 1 amide bonds. The molecule has 104 valence electrons. The summed E-state index contributed by atoms with van der Waals surface area (Å²) >= 11 is 0. The van der Waals surface area contributed by atoms with Crippen LogP contribution in [0.25, 0.3) is 0 Å². The Kier molecular flexibility index (Phi) is 4.14. The zero-order valence-corrected chi connectivity index (χ0v) is 10.9. The second kappa shape index (κ2) is 5.65. The molecule has 0 radical (unpaired) electrons. The van der Waals surface area contributed by atoms with Crippen molar-refractivity contribution in [3.05, 3.63) is 35.4 Å². The summed E-state index contributed by atoms with van der Waals surface area (Å²) in [6, 6.07) is 3.26. The van der Waals surface area contributed by atoms with Crippen LogP contribution in [-0.2, 0) is 11.2 Å². The van der Waals surface area contributed by atoms with Crippen molar-refractivity contribution >= 4 is 5.91 Å². The van der Waals surface area contributed by atoms with Gasteiger partial charge in [-0.15, -0.1) is 0 Å². The van der Waals surface area contributed by atoms with Gasteiger partial charge in [0.1, 0.15) is 11.6 Å². The monoisotopic (exact) mass is 268 g/mol. The molecule has 1 saturated heterocycles. The molecule has 19 heavy (non-hydrogen) atoms. The number of benzene rings is 1. The summed E-state index contributed by atoms with van der Waals surface area (Å²) in [5, 5.41) is 6.13. The molecular formula is C14H18F2N2O. The standard InChI is InChI=1S/C14H18F2N2O/c1-14(5-2-6-18-14)9-17-13(19)7-10-3-4-11(15)8-12(10)16/h3-4,8,18H,2,5-7,9H2,1H3,(H,17,19). The Hall–Kier alpha value is -1.49. The Balaban J connectivity index is 1.87. The lowest BCUT2D eigenvalue weighted by molar-refractivity contribution is -0.120. The minimum absolute atomic E-state index is 0.0673. The Bertz CT molecular complexity index is 471. The van der Waals surface area contributed by atoms with E-state index in [1.165, 1.54) is 6.07 Å². The van der Waals surface area contributed by atoms with Gasteiger partial charge in [0.05, 0.1) is 6.42 Å². The predicted molar refractivity (Wildman–Crippen MR) is 68.7 cm³/mol. The molecule has 1 aromatic rings. The topological polar surface area (TPSA) is 41.1 Å². The number of halogens is 2. The Morgan fingerprint density at radius 1 is 1.47 bits per heavy atom. The van der Waals surface area contributed by atoms with Crippen LogP contribution in [0, 0.1) is 11.6 Å². The Labute approximate surface area is 111 Å². The normalized spacial score (nSPS) is 22.5. The maximum Gasteiger partial charge on any atom is 0.224 e. The Morgan fingerprint density at radius 3 is 2.89 bits per heavy atom. The predicted octanol–water partition coefficient (Wildman–Crippen LogP) is 1.77. The van der Waals surface area contributed by atoms with Crippen LogP contribution in [0.15, 0.2) is 18.2 Å². The molecule has 5 heteroatoms. The highest BCUT2D eigenvalue weighted by Gasteiger charge is 2.28. The first kappa shape index (κ1) is 13.9. The second-order valence-corrected chi connectivity index (χ2v) is 5.28. The zero-order chi connectivity index (χ0) is 13.9. The summed E-state index contributed by atoms with van der Waals surface area (Å²) in [5.41, 5.74) is 0.139. The van der Waals surface area contributed by atoms with E-state index >= 15 is 0 Å². The lowest BCUT2D eigenvalue weighted by Gasteiger charge is -2.24. The lowest BCUT2D eigenvalue weighted by Crippen LogP contribution is -2.47. The van der Waals surface area contributed by atoms with E-state index in [4.69, 9.17) is 0 Å². The van der Waals surface area contributed by atoms with E-state index in [2.05, 4.69) is 17.6 Å². The maximum absolute atomic E-state index is 13.4. The number of hydrogen-bond donors (Lipinski definition) is 2. The van der Waals surface area contributed by atoms with Crippen molar-refractivity contribution in [3.8, 4) is 0 Å². The van der Waals surface area contributed by atoms with Crippen LogP contribution >= 0.6 is 0 Å². The SMILES string of the molecule is CC1(CNC(=O)Cc2ccc(F)cc2F)CCCN1. The van der Waals surface area contributed by atoms with Crippen molar-refractivity contribution in [2.75, 3.05) is 13.1 Å². The third-order valence-corrected chi connectivity index (χ3v) is 3.50. The van der Waals surface area contributed by atoms with E-state index in [0.29, 0.717) is 6.54 Å². The van der Waals surface area contributed by atoms with E-state index in [-0.39, 0.29) is 23.4 Å². The fraction of sp³-hybridized carbons (Fsp3) is 0.500. The molecule has 3 nitrogen and oxygen atoms in total. The first-order valence-electron chi connectivity index (χ1n) is 6.44. The fourth-order valence-electron chi connectivity index (χ4n) is 2.30. The van der Waals surface area contributed by atoms with E-state index in [0.717, 1.165) is 31.5 Å². The van der Waals surface area contributed by atoms with Crippen LogP contribution < -0.4 is 10.6 Å². The fourth-order valence-corrected chi connectivity index (χ4v) is 2.30. The largest absolute Gasteiger partial charge is 0.354 e. The van der Waals surface area contributed by atoms with Gasteiger partial charge in [0, 0.05) is 18.2 Å². The number of amides is 1. The number of carbonyl (C=O) groups excluding carboxylic acids is 1. The molecule has 1 aliphatic heterocycles. The van der Waals surface area contributed by atoms with Crippen molar-refractivity contribution in [1.82, 2.24) is 10.6 Å². The van der Waals surface area contributed by atoms with Gasteiger partial charge in [-0.25, -0.2) is 8.78 Å². The number of rotatable bonds is 4. The summed E-state index contributed by atoms with van der Waals surface area (Å²) in [6.07, 6.45) is 2.04. The first-order valence-corrected chi connectivity index (χ1v) is 6.44. The zero-order valence-electron chi connectivity index (χ0n) is 10.9. The molecule has 1 heterocycles. The van der Waals surface area contributed by atoms with Crippen LogP contribution in [0.1, 0.15) is 25.3 Å². The quantitative estimate of drug-likeness (QED) is 0.873. The Morgan fingerprint density at radius 2 is 2.26 bits per heavy atom. The molecule has 0 spiro atoms. The molecule has 1 atom stereocenters. The minimum Gasteiger partial charge on any atom is -0.354 e. The molecule has 1 unspecified atom stereocenters. The van der Waals surface area contributed by atoms with E-state index in [9.17, 15) is 13.6 Å². The van der Waals surface area contributed by atoms with Gasteiger partial charge in [0.15, 0.2) is 0 Å². The second-order valence-electron chi connectivity index (χ2n) is 5.28. The van der Waals surface area contributed by atoms with Crippen LogP contribution in [0.3, 0.4) is 0 Å². The molecule has 0 aromatic heterocycles. The van der Waals surface area contributed by atoms with Crippen molar-refractivity contribution in [1.29, 1.82) is 0 Å². The number of nitrogens with one attached hydrogen (secondary N) is 2. The highest BCUT2D eigenvalue weighted by atomic mass is 19.1. The minimum atomic E-state index is -0.680. The van der Waals surface area contributed by atoms with Gasteiger partial charge in [0.25, 0.3) is 0 Å². The van der Waals surface area contributed by atoms with Gasteiger partial charge in [-0.05, 0) is 37.9 Å². The molecule has 0 bridgehead atoms. The smallest absolute Gasteiger partial charge is 0.224 e. The van der Waals surface area contributed by atoms with Crippen molar-refractivity contribution in [2.24, 2.45) is 0 Å². The van der Waals surface area contributed by atoms with Gasteiger partial charge in [-0.1, -0.05) is 6.07 Å². The highest BCUT2D eigenvalue weighted by Crippen LogP contribution is 2.17. The average molecular weight is 268 g/mol. The van der Waals surface area contributed by atoms with E-state index < -0.39 is 11.6 Å². The third kappa shape index (κ3) is 3.73. The number of carbonyl (C=O) groups is 1. The van der Waals surface area contributed by atoms with Crippen molar-refractivity contribution in [2.45, 2.75) is 31.7 Å². The molecular weight excluding hydrogens is 250 g/mol. The summed E-state index contributed by atoms with van der Waals surface area (Å²) in [7, 11) is 0. The molecule has 1 fully saturated rings. The molecule has 0 saturated carbocycles. The maximum atomic E-state index is 13.4. The molecule has 2 rings (SSSR count). The van der Waals surface area contributed by atoms with E-state index in [1.54, 1.807) is 0 Å². The van der Waals surface area contributed by atoms with Gasteiger partial charge in [-0.2, -0.15) is 0 Å². The molecule has 1 aromatic carbocycles. The number of hydrogen-bond acceptors (Lipinski definition) is 2. The molecule has 2 N–H and O–H groups in total. The van der Waals surface area contributed by atoms with Gasteiger partial charge >= 0.3 is 0 Å². The summed E-state index contributed by atoms with van der Waals surface area (Å²) in [6.45, 7) is 3.53. The average Bonchev–Trinajstić information content (AvgIpc) is 2.78. The summed E-state index contributed by atoms with van der Waals surface area (Å²) in [4.78, 5) is 11.7. The first-order chi connectivity index (χ1) is 8.98. The van der Waals surface area contributed by atoms with Crippen molar-refractivity contribution in [3.63, 3.8) is 0 Å². The van der Waals surface area contributed by atoms with Crippen LogP contribution in [-0.4, -0.2) is 24.5 Å². The van der Waals surface area contributed by atoms with Crippen LogP contribution in [0.5, 0.6) is 0 Å². The van der Waals surface area contributed by atoms with Crippen LogP contribution in [0.4, 0.5) is 8.78 Å². The van der Waals surface area contributed by atoms with Crippen molar-refractivity contribution < 1.29 is 13.6 Å². The van der Waals surface area contributed by atoms with E-state index in [1.807, 2.05) is 0 Å². The van der Waals surface area contributed by atoms with Gasteiger partial charge in [0.2, 0.25) is 5.91 Å². The third-order valence-electron chi connectivity index (χ3n) is 3.50. The summed E-state index contributed by atoms with van der Waals surface area (Å²) in [5.74, 6) is -1.56. The summed E-state index contributed by atoms with van der Waals surface area (Å²) < 4.78 is 26.1.